The third-order valence-electron chi connectivity index (χ3n) is 3.50. The quantitative estimate of drug-likeness (QED) is 0.427. The van der Waals surface area contributed by atoms with E-state index in [0.717, 1.165) is 20.4 Å². The minimum atomic E-state index is 0.487. The van der Waals surface area contributed by atoms with Crippen molar-refractivity contribution in [2.24, 2.45) is 5.10 Å². The van der Waals surface area contributed by atoms with E-state index < -0.39 is 0 Å². The van der Waals surface area contributed by atoms with Crippen LogP contribution < -0.4 is 9.47 Å². The molecular formula is C18H17IN4O2. The Kier molecular flexibility index (Phi) is 5.64. The topological polar surface area (TPSA) is 61.5 Å². The van der Waals surface area contributed by atoms with Crippen LogP contribution >= 0.6 is 22.6 Å². The van der Waals surface area contributed by atoms with Crippen molar-refractivity contribution in [2.75, 3.05) is 7.11 Å². The summed E-state index contributed by atoms with van der Waals surface area (Å²) in [6.07, 6.45) is 4.77. The number of hydrogen-bond acceptors (Lipinski definition) is 5. The molecule has 3 rings (SSSR count). The number of ether oxygens (including phenoxy) is 2. The third-order valence-corrected chi connectivity index (χ3v) is 4.30. The average molecular weight is 448 g/mol. The van der Waals surface area contributed by atoms with Crippen molar-refractivity contribution in [2.45, 2.75) is 13.5 Å². The Balaban J connectivity index is 1.78. The second-order valence-corrected chi connectivity index (χ2v) is 6.56. The van der Waals surface area contributed by atoms with Crippen LogP contribution in [0.1, 0.15) is 16.7 Å². The molecule has 3 aromatic rings. The molecule has 0 aliphatic heterocycles. The first-order chi connectivity index (χ1) is 12.2. The summed E-state index contributed by atoms with van der Waals surface area (Å²) in [7, 11) is 1.63. The predicted octanol–water partition coefficient (Wildman–Crippen LogP) is 3.66. The van der Waals surface area contributed by atoms with E-state index in [4.69, 9.17) is 9.47 Å². The second-order valence-electron chi connectivity index (χ2n) is 5.39. The molecule has 2 aromatic carbocycles. The normalized spacial score (nSPS) is 11.0. The van der Waals surface area contributed by atoms with Gasteiger partial charge in [0.05, 0.1) is 16.9 Å². The average Bonchev–Trinajstić information content (AvgIpc) is 3.13. The van der Waals surface area contributed by atoms with Crippen LogP contribution in [0.4, 0.5) is 0 Å². The number of aromatic nitrogens is 3. The van der Waals surface area contributed by atoms with Crippen LogP contribution in [-0.4, -0.2) is 28.2 Å². The molecule has 1 aromatic heterocycles. The third kappa shape index (κ3) is 4.56. The first-order valence-corrected chi connectivity index (χ1v) is 8.68. The highest BCUT2D eigenvalue weighted by molar-refractivity contribution is 14.1. The molecule has 0 atom stereocenters. The maximum absolute atomic E-state index is 5.99. The number of hydrogen-bond donors (Lipinski definition) is 0. The molecule has 0 bridgehead atoms. The van der Waals surface area contributed by atoms with Gasteiger partial charge in [-0.15, -0.1) is 10.2 Å². The number of rotatable bonds is 6. The highest BCUT2D eigenvalue weighted by Gasteiger charge is 2.11. The number of nitrogens with zero attached hydrogens (tertiary/aromatic N) is 4. The molecular weight excluding hydrogens is 431 g/mol. The molecule has 0 saturated heterocycles. The van der Waals surface area contributed by atoms with Gasteiger partial charge >= 0.3 is 0 Å². The monoisotopic (exact) mass is 448 g/mol. The van der Waals surface area contributed by atoms with Crippen molar-refractivity contribution in [3.63, 3.8) is 0 Å². The minimum absolute atomic E-state index is 0.487. The summed E-state index contributed by atoms with van der Waals surface area (Å²) >= 11 is 2.24. The van der Waals surface area contributed by atoms with Gasteiger partial charge in [-0.1, -0.05) is 29.8 Å². The molecule has 0 unspecified atom stereocenters. The fourth-order valence-electron chi connectivity index (χ4n) is 2.18. The molecule has 0 amide bonds. The lowest BCUT2D eigenvalue weighted by atomic mass is 10.2. The van der Waals surface area contributed by atoms with Gasteiger partial charge in [0, 0.05) is 0 Å². The molecule has 0 aliphatic carbocycles. The first-order valence-electron chi connectivity index (χ1n) is 7.60. The van der Waals surface area contributed by atoms with Gasteiger partial charge in [-0.3, -0.25) is 0 Å². The fourth-order valence-corrected chi connectivity index (χ4v) is 2.96. The lowest BCUT2D eigenvalue weighted by Crippen LogP contribution is -2.01. The van der Waals surface area contributed by atoms with Crippen molar-refractivity contribution >= 4 is 28.8 Å². The Hall–Kier alpha value is -2.42. The van der Waals surface area contributed by atoms with Crippen LogP contribution in [0.5, 0.6) is 11.5 Å². The van der Waals surface area contributed by atoms with Crippen LogP contribution in [-0.2, 0) is 6.61 Å². The second kappa shape index (κ2) is 8.11. The van der Waals surface area contributed by atoms with E-state index in [2.05, 4.69) is 69.1 Å². The van der Waals surface area contributed by atoms with Gasteiger partial charge < -0.3 is 9.47 Å². The van der Waals surface area contributed by atoms with Crippen LogP contribution in [0, 0.1) is 10.5 Å². The SMILES string of the molecule is COc1cc(/C=N\n2cnnc2)cc(I)c1OCc1ccc(C)cc1. The largest absolute Gasteiger partial charge is 0.493 e. The van der Waals surface area contributed by atoms with Crippen molar-refractivity contribution in [3.8, 4) is 11.5 Å². The van der Waals surface area contributed by atoms with E-state index in [-0.39, 0.29) is 0 Å². The molecule has 0 fully saturated rings. The summed E-state index contributed by atoms with van der Waals surface area (Å²) < 4.78 is 14.0. The maximum atomic E-state index is 5.99. The molecule has 0 spiro atoms. The van der Waals surface area contributed by atoms with Crippen molar-refractivity contribution in [3.05, 3.63) is 69.3 Å². The highest BCUT2D eigenvalue weighted by Crippen LogP contribution is 2.34. The Morgan fingerprint density at radius 3 is 2.56 bits per heavy atom. The van der Waals surface area contributed by atoms with Gasteiger partial charge in [0.25, 0.3) is 0 Å². The summed E-state index contributed by atoms with van der Waals surface area (Å²) in [4.78, 5) is 0. The molecule has 25 heavy (non-hydrogen) atoms. The van der Waals surface area contributed by atoms with Crippen LogP contribution in [0.15, 0.2) is 54.2 Å². The Labute approximate surface area is 159 Å². The Morgan fingerprint density at radius 2 is 1.88 bits per heavy atom. The predicted molar refractivity (Wildman–Crippen MR) is 104 cm³/mol. The van der Waals surface area contributed by atoms with Crippen molar-refractivity contribution in [1.29, 1.82) is 0 Å². The maximum Gasteiger partial charge on any atom is 0.174 e. The molecule has 0 N–H and O–H groups in total. The zero-order chi connectivity index (χ0) is 17.6. The summed E-state index contributed by atoms with van der Waals surface area (Å²) in [5, 5.41) is 11.7. The zero-order valence-electron chi connectivity index (χ0n) is 13.9. The van der Waals surface area contributed by atoms with Gasteiger partial charge in [-0.25, -0.2) is 4.68 Å². The standard InChI is InChI=1S/C18H17IN4O2/c1-13-3-5-14(6-4-13)10-25-18-16(19)7-15(8-17(18)24-2)9-22-23-11-20-21-12-23/h3-9,11-12H,10H2,1-2H3/b22-9-. The summed E-state index contributed by atoms with van der Waals surface area (Å²) in [6, 6.07) is 12.2. The highest BCUT2D eigenvalue weighted by atomic mass is 127. The van der Waals surface area contributed by atoms with E-state index in [1.165, 1.54) is 22.9 Å². The van der Waals surface area contributed by atoms with Crippen molar-refractivity contribution in [1.82, 2.24) is 14.9 Å². The zero-order valence-corrected chi connectivity index (χ0v) is 16.0. The lowest BCUT2D eigenvalue weighted by molar-refractivity contribution is 0.282. The smallest absolute Gasteiger partial charge is 0.174 e. The number of methoxy groups -OCH3 is 1. The van der Waals surface area contributed by atoms with E-state index in [1.807, 2.05) is 12.1 Å². The van der Waals surface area contributed by atoms with E-state index >= 15 is 0 Å². The number of halogens is 1. The minimum Gasteiger partial charge on any atom is -0.493 e. The molecule has 0 aliphatic rings. The first kappa shape index (κ1) is 17.4. The van der Waals surface area contributed by atoms with Gasteiger partial charge in [-0.05, 0) is 52.8 Å². The molecule has 7 heteroatoms. The number of benzene rings is 2. The molecule has 0 radical (unpaired) electrons. The lowest BCUT2D eigenvalue weighted by Gasteiger charge is -2.13. The van der Waals surface area contributed by atoms with Gasteiger partial charge in [-0.2, -0.15) is 5.10 Å². The fraction of sp³-hybridized carbons (Fsp3) is 0.167. The van der Waals surface area contributed by atoms with Gasteiger partial charge in [0.1, 0.15) is 19.3 Å². The Morgan fingerprint density at radius 1 is 1.16 bits per heavy atom. The van der Waals surface area contributed by atoms with Gasteiger partial charge in [0.2, 0.25) is 0 Å². The number of aryl methyl sites for hydroxylation is 1. The molecule has 128 valence electrons. The van der Waals surface area contributed by atoms with E-state index in [1.54, 1.807) is 13.3 Å². The molecule has 0 saturated carbocycles. The summed E-state index contributed by atoms with van der Waals surface area (Å²) in [5.74, 6) is 1.40. The van der Waals surface area contributed by atoms with Crippen LogP contribution in [0.2, 0.25) is 0 Å². The molecule has 1 heterocycles. The van der Waals surface area contributed by atoms with Crippen LogP contribution in [0.3, 0.4) is 0 Å². The summed E-state index contributed by atoms with van der Waals surface area (Å²) in [5.41, 5.74) is 3.24. The van der Waals surface area contributed by atoms with E-state index in [9.17, 15) is 0 Å². The van der Waals surface area contributed by atoms with E-state index in [0.29, 0.717) is 12.4 Å². The van der Waals surface area contributed by atoms with Crippen LogP contribution in [0.25, 0.3) is 0 Å². The Bertz CT molecular complexity index is 862. The van der Waals surface area contributed by atoms with Crippen molar-refractivity contribution < 1.29 is 9.47 Å². The summed E-state index contributed by atoms with van der Waals surface area (Å²) in [6.45, 7) is 2.55. The molecule has 6 nitrogen and oxygen atoms in total. The van der Waals surface area contributed by atoms with Gasteiger partial charge in [0.15, 0.2) is 11.5 Å².